The molecule has 1 rings (SSSR count). The van der Waals surface area contributed by atoms with Gasteiger partial charge in [0.2, 0.25) is 0 Å². The van der Waals surface area contributed by atoms with Gasteiger partial charge in [-0.2, -0.15) is 0 Å². The Morgan fingerprint density at radius 2 is 1.45 bits per heavy atom. The van der Waals surface area contributed by atoms with Crippen molar-refractivity contribution in [2.75, 3.05) is 20.3 Å². The first-order valence-electron chi connectivity index (χ1n) is 7.56. The lowest BCUT2D eigenvalue weighted by Gasteiger charge is -2.26. The van der Waals surface area contributed by atoms with Crippen LogP contribution in [0.2, 0.25) is 0 Å². The summed E-state index contributed by atoms with van der Waals surface area (Å²) >= 11 is 0. The highest BCUT2D eigenvalue weighted by Crippen LogP contribution is 2.58. The van der Waals surface area contributed by atoms with E-state index >= 15 is 0 Å². The van der Waals surface area contributed by atoms with Gasteiger partial charge in [-0.05, 0) is 29.5 Å². The lowest BCUT2D eigenvalue weighted by atomic mass is 10.2. The van der Waals surface area contributed by atoms with Gasteiger partial charge in [0, 0.05) is 0 Å². The Labute approximate surface area is 133 Å². The molecule has 126 valence electrons. The van der Waals surface area contributed by atoms with E-state index < -0.39 is 13.4 Å². The molecule has 0 fully saturated rings. The third-order valence-corrected chi connectivity index (χ3v) is 4.97. The Hall–Kier alpha value is -0.870. The molecular weight excluding hydrogens is 301 g/mol. The number of ether oxygens (including phenoxy) is 1. The van der Waals surface area contributed by atoms with E-state index in [0.717, 1.165) is 5.75 Å². The molecule has 6 heteroatoms. The first-order valence-corrected chi connectivity index (χ1v) is 9.18. The molecule has 0 spiro atoms. The van der Waals surface area contributed by atoms with Crippen LogP contribution in [0.3, 0.4) is 0 Å². The minimum absolute atomic E-state index is 0.249. The molecule has 0 bridgehead atoms. The summed E-state index contributed by atoms with van der Waals surface area (Å²) in [4.78, 5) is 0. The Kier molecular flexibility index (Phi) is 7.57. The van der Waals surface area contributed by atoms with Gasteiger partial charge in [-0.25, -0.2) is 0 Å². The van der Waals surface area contributed by atoms with E-state index in [9.17, 15) is 4.57 Å². The molecule has 1 unspecified atom stereocenters. The van der Waals surface area contributed by atoms with Crippen molar-refractivity contribution in [3.8, 4) is 5.75 Å². The minimum atomic E-state index is -3.43. The largest absolute Gasteiger partial charge is 0.497 e. The van der Waals surface area contributed by atoms with Crippen LogP contribution < -0.4 is 10.5 Å². The van der Waals surface area contributed by atoms with Crippen LogP contribution in [0.4, 0.5) is 0 Å². The average Bonchev–Trinajstić information content (AvgIpc) is 2.50. The van der Waals surface area contributed by atoms with Crippen LogP contribution in [0.25, 0.3) is 0 Å². The van der Waals surface area contributed by atoms with Gasteiger partial charge >= 0.3 is 7.60 Å². The molecule has 0 aliphatic heterocycles. The van der Waals surface area contributed by atoms with Crippen molar-refractivity contribution in [3.05, 3.63) is 29.8 Å². The molecule has 0 saturated carbocycles. The van der Waals surface area contributed by atoms with E-state index in [-0.39, 0.29) is 11.8 Å². The van der Waals surface area contributed by atoms with E-state index in [1.807, 2.05) is 27.7 Å². The second-order valence-corrected chi connectivity index (χ2v) is 8.29. The molecule has 0 heterocycles. The van der Waals surface area contributed by atoms with Crippen LogP contribution >= 0.6 is 7.60 Å². The number of rotatable bonds is 9. The molecule has 0 aromatic heterocycles. The normalized spacial score (nSPS) is 13.6. The predicted molar refractivity (Wildman–Crippen MR) is 89.1 cm³/mol. The summed E-state index contributed by atoms with van der Waals surface area (Å²) in [7, 11) is -1.83. The fourth-order valence-electron chi connectivity index (χ4n) is 1.69. The summed E-state index contributed by atoms with van der Waals surface area (Å²) in [6.45, 7) is 8.66. The molecule has 22 heavy (non-hydrogen) atoms. The Balaban J connectivity index is 2.93. The lowest BCUT2D eigenvalue weighted by Crippen LogP contribution is -2.17. The van der Waals surface area contributed by atoms with Gasteiger partial charge in [0.05, 0.1) is 20.3 Å². The van der Waals surface area contributed by atoms with Crippen molar-refractivity contribution in [3.63, 3.8) is 0 Å². The van der Waals surface area contributed by atoms with E-state index in [4.69, 9.17) is 19.5 Å². The summed E-state index contributed by atoms with van der Waals surface area (Å²) in [5, 5.41) is 0. The number of benzene rings is 1. The summed E-state index contributed by atoms with van der Waals surface area (Å²) in [5.41, 5.74) is 6.89. The number of hydrogen-bond acceptors (Lipinski definition) is 5. The molecule has 0 saturated heterocycles. The van der Waals surface area contributed by atoms with Gasteiger partial charge in [-0.3, -0.25) is 4.57 Å². The molecular formula is C16H28NO4P. The molecule has 0 aliphatic carbocycles. The summed E-state index contributed by atoms with van der Waals surface area (Å²) in [6.07, 6.45) is 0. The van der Waals surface area contributed by atoms with E-state index in [1.54, 1.807) is 31.4 Å². The lowest BCUT2D eigenvalue weighted by molar-refractivity contribution is 0.167. The average molecular weight is 329 g/mol. The summed E-state index contributed by atoms with van der Waals surface area (Å²) < 4.78 is 29.4. The number of hydrogen-bond donors (Lipinski definition) is 1. The van der Waals surface area contributed by atoms with Gasteiger partial charge in [-0.1, -0.05) is 39.8 Å². The maximum absolute atomic E-state index is 13.1. The van der Waals surface area contributed by atoms with Crippen molar-refractivity contribution >= 4 is 7.60 Å². The molecule has 1 atom stereocenters. The first kappa shape index (κ1) is 19.2. The first-order chi connectivity index (χ1) is 10.3. The Morgan fingerprint density at radius 1 is 1.00 bits per heavy atom. The molecule has 0 radical (unpaired) electrons. The molecule has 1 aromatic rings. The minimum Gasteiger partial charge on any atom is -0.497 e. The van der Waals surface area contributed by atoms with Crippen LogP contribution in [-0.4, -0.2) is 20.3 Å². The molecule has 2 N–H and O–H groups in total. The highest BCUT2D eigenvalue weighted by atomic mass is 31.2. The molecule has 1 aromatic carbocycles. The van der Waals surface area contributed by atoms with Gasteiger partial charge in [-0.15, -0.1) is 0 Å². The fraction of sp³-hybridized carbons (Fsp3) is 0.625. The third-order valence-electron chi connectivity index (χ3n) is 2.97. The second-order valence-electron chi connectivity index (χ2n) is 6.14. The molecule has 0 aliphatic rings. The second kappa shape index (κ2) is 8.68. The van der Waals surface area contributed by atoms with Crippen molar-refractivity contribution in [1.29, 1.82) is 0 Å². The highest BCUT2D eigenvalue weighted by Gasteiger charge is 2.35. The molecule has 0 amide bonds. The van der Waals surface area contributed by atoms with Gasteiger partial charge in [0.1, 0.15) is 11.5 Å². The maximum atomic E-state index is 13.1. The van der Waals surface area contributed by atoms with Crippen molar-refractivity contribution in [2.45, 2.75) is 33.5 Å². The maximum Gasteiger partial charge on any atom is 0.351 e. The van der Waals surface area contributed by atoms with Crippen LogP contribution in [0, 0.1) is 11.8 Å². The quantitative estimate of drug-likeness (QED) is 0.688. The standard InChI is InChI=1S/C16H28NO4P/c1-12(2)10-20-22(18,21-11-13(3)4)16(17)14-6-8-15(19-5)9-7-14/h6-9,12-13,16H,10-11,17H2,1-5H3. The highest BCUT2D eigenvalue weighted by molar-refractivity contribution is 7.54. The Morgan fingerprint density at radius 3 is 1.82 bits per heavy atom. The van der Waals surface area contributed by atoms with E-state index in [2.05, 4.69) is 0 Å². The number of nitrogens with two attached hydrogens (primary N) is 1. The zero-order chi connectivity index (χ0) is 16.8. The zero-order valence-corrected chi connectivity index (χ0v) is 15.0. The van der Waals surface area contributed by atoms with E-state index in [0.29, 0.717) is 18.8 Å². The van der Waals surface area contributed by atoms with Gasteiger partial charge < -0.3 is 19.5 Å². The Bertz CT molecular complexity index is 471. The summed E-state index contributed by atoms with van der Waals surface area (Å²) in [5.74, 6) is 0.408. The monoisotopic (exact) mass is 329 g/mol. The number of methoxy groups -OCH3 is 1. The van der Waals surface area contributed by atoms with Crippen molar-refractivity contribution in [2.24, 2.45) is 17.6 Å². The smallest absolute Gasteiger partial charge is 0.351 e. The van der Waals surface area contributed by atoms with Gasteiger partial charge in [0.15, 0.2) is 0 Å². The topological polar surface area (TPSA) is 70.8 Å². The van der Waals surface area contributed by atoms with E-state index in [1.165, 1.54) is 0 Å². The fourth-order valence-corrected chi connectivity index (χ4v) is 3.63. The van der Waals surface area contributed by atoms with Crippen LogP contribution in [0.15, 0.2) is 24.3 Å². The predicted octanol–water partition coefficient (Wildman–Crippen LogP) is 4.19. The molecule has 5 nitrogen and oxygen atoms in total. The van der Waals surface area contributed by atoms with Crippen LogP contribution in [-0.2, 0) is 13.6 Å². The van der Waals surface area contributed by atoms with Crippen molar-refractivity contribution in [1.82, 2.24) is 0 Å². The van der Waals surface area contributed by atoms with Crippen LogP contribution in [0.5, 0.6) is 5.75 Å². The van der Waals surface area contributed by atoms with Crippen LogP contribution in [0.1, 0.15) is 39.0 Å². The van der Waals surface area contributed by atoms with Crippen molar-refractivity contribution < 1.29 is 18.3 Å². The SMILES string of the molecule is COc1ccc(C(N)P(=O)(OCC(C)C)OCC(C)C)cc1. The zero-order valence-electron chi connectivity index (χ0n) is 14.1. The summed E-state index contributed by atoms with van der Waals surface area (Å²) in [6, 6.07) is 7.14. The van der Waals surface area contributed by atoms with Gasteiger partial charge in [0.25, 0.3) is 0 Å². The third kappa shape index (κ3) is 5.73.